The fraction of sp³-hybridized carbons (Fsp3) is 0.0476. The van der Waals surface area contributed by atoms with Gasteiger partial charge < -0.3 is 4.90 Å². The van der Waals surface area contributed by atoms with E-state index < -0.39 is 34.9 Å². The number of nitrogens with zero attached hydrogens (tertiary/aromatic N) is 9. The van der Waals surface area contributed by atoms with Gasteiger partial charge in [0.1, 0.15) is 46.6 Å². The van der Waals surface area contributed by atoms with Crippen LogP contribution < -0.4 is 4.90 Å². The number of aromatic nitrogens is 4. The van der Waals surface area contributed by atoms with Crippen LogP contribution in [0.3, 0.4) is 0 Å². The summed E-state index contributed by atoms with van der Waals surface area (Å²) in [6, 6.07) is 47.0. The Morgan fingerprint density at radius 2 is 1.12 bits per heavy atom. The van der Waals surface area contributed by atoms with E-state index in [0.717, 1.165) is 40.7 Å². The van der Waals surface area contributed by atoms with Crippen molar-refractivity contribution in [3.05, 3.63) is 263 Å². The molecule has 2 aromatic heterocycles. The molecule has 0 unspecified atom stereocenters. The summed E-state index contributed by atoms with van der Waals surface area (Å²) >= 11 is 0. The van der Waals surface area contributed by atoms with Crippen LogP contribution in [0.15, 0.2) is 214 Å². The third kappa shape index (κ3) is 10.5. The van der Waals surface area contributed by atoms with Crippen molar-refractivity contribution in [3.63, 3.8) is 0 Å². The fourth-order valence-electron chi connectivity index (χ4n) is 9.48. The summed E-state index contributed by atoms with van der Waals surface area (Å²) in [5, 5.41) is 0. The molecule has 78 heavy (non-hydrogen) atoms. The Morgan fingerprint density at radius 3 is 1.77 bits per heavy atom. The molecule has 2 heterocycles. The Bertz CT molecular complexity index is 4000. The average Bonchev–Trinajstić information content (AvgIpc) is 4.04. The summed E-state index contributed by atoms with van der Waals surface area (Å²) in [7, 11) is 0. The van der Waals surface area contributed by atoms with Gasteiger partial charge in [0.2, 0.25) is 0 Å². The Balaban J connectivity index is 0.978. The van der Waals surface area contributed by atoms with Gasteiger partial charge in [0, 0.05) is 70.5 Å². The van der Waals surface area contributed by atoms with Crippen LogP contribution in [0.2, 0.25) is 0 Å². The highest BCUT2D eigenvalue weighted by Crippen LogP contribution is 2.37. The summed E-state index contributed by atoms with van der Waals surface area (Å²) in [6.07, 6.45) is 8.17. The lowest BCUT2D eigenvalue weighted by Gasteiger charge is -2.26. The van der Waals surface area contributed by atoms with Crippen LogP contribution in [0.1, 0.15) is 33.6 Å². The third-order valence-electron chi connectivity index (χ3n) is 13.0. The minimum Gasteiger partial charge on any atom is -0.335 e. The van der Waals surface area contributed by atoms with Gasteiger partial charge in [0.15, 0.2) is 11.7 Å². The van der Waals surface area contributed by atoms with Crippen LogP contribution in [0.5, 0.6) is 0 Å². The van der Waals surface area contributed by atoms with E-state index >= 15 is 0 Å². The molecule has 1 aliphatic carbocycles. The van der Waals surface area contributed by atoms with E-state index in [2.05, 4.69) is 23.4 Å². The molecular formula is C63H43F6N9. The molecule has 10 aromatic rings. The maximum Gasteiger partial charge on any atom is 0.161 e. The van der Waals surface area contributed by atoms with Crippen molar-refractivity contribution in [2.24, 2.45) is 20.0 Å². The van der Waals surface area contributed by atoms with Crippen molar-refractivity contribution < 1.29 is 26.3 Å². The fourth-order valence-corrected chi connectivity index (χ4v) is 9.48. The first-order valence-corrected chi connectivity index (χ1v) is 24.5. The molecule has 0 spiro atoms. The molecule has 0 saturated heterocycles. The minimum atomic E-state index is -0.733. The Morgan fingerprint density at radius 1 is 0.551 bits per heavy atom. The van der Waals surface area contributed by atoms with E-state index in [4.69, 9.17) is 20.0 Å². The van der Waals surface area contributed by atoms with Gasteiger partial charge in [0.05, 0.1) is 40.3 Å². The Labute approximate surface area is 444 Å². The van der Waals surface area contributed by atoms with E-state index in [-0.39, 0.29) is 35.9 Å². The molecule has 0 aliphatic heterocycles. The van der Waals surface area contributed by atoms with Crippen LogP contribution >= 0.6 is 0 Å². The second-order valence-corrected chi connectivity index (χ2v) is 18.2. The van der Waals surface area contributed by atoms with Gasteiger partial charge in [-0.15, -0.1) is 0 Å². The number of hydrogen-bond donors (Lipinski definition) is 0. The van der Waals surface area contributed by atoms with Gasteiger partial charge in [-0.3, -0.25) is 19.1 Å². The van der Waals surface area contributed by atoms with Crippen LogP contribution in [-0.4, -0.2) is 44.2 Å². The number of para-hydroxylation sites is 4. The van der Waals surface area contributed by atoms with Crippen molar-refractivity contribution in [2.75, 3.05) is 4.90 Å². The van der Waals surface area contributed by atoms with Gasteiger partial charge in [-0.2, -0.15) is 0 Å². The SMILES string of the molecule is C=N/C(=N\C(=N/Cc1ccc(-n2c(-c3cc(F)cc(F)c3)nc3ccccc32)cc1)c1ccc(-n2c(-c3cc(F)cc(F)c3)nc3c2C=CC=CC3)cc1)c1ccc(N(Cc2cc(F)cc(F)c2)c2ccccc2N=C)cc1. The molecule has 0 N–H and O–H groups in total. The van der Waals surface area contributed by atoms with Crippen molar-refractivity contribution in [2.45, 2.75) is 19.5 Å². The van der Waals surface area contributed by atoms with Crippen LogP contribution in [-0.2, 0) is 19.5 Å². The highest BCUT2D eigenvalue weighted by atomic mass is 19.2. The lowest BCUT2D eigenvalue weighted by Crippen LogP contribution is -2.17. The first kappa shape index (κ1) is 50.2. The van der Waals surface area contributed by atoms with Gasteiger partial charge >= 0.3 is 0 Å². The number of hydrogen-bond acceptors (Lipinski definition) is 5. The molecule has 15 heteroatoms. The minimum absolute atomic E-state index is 0.0950. The average molecular weight is 1040 g/mol. The predicted molar refractivity (Wildman–Crippen MR) is 298 cm³/mol. The molecule has 0 atom stereocenters. The quantitative estimate of drug-likeness (QED) is 0.0655. The molecule has 11 rings (SSSR count). The maximum atomic E-state index is 14.7. The zero-order chi connectivity index (χ0) is 53.9. The van der Waals surface area contributed by atoms with Gasteiger partial charge in [0.25, 0.3) is 0 Å². The van der Waals surface area contributed by atoms with Crippen molar-refractivity contribution in [1.29, 1.82) is 0 Å². The van der Waals surface area contributed by atoms with E-state index in [1.807, 2.05) is 154 Å². The van der Waals surface area contributed by atoms with E-state index in [1.54, 1.807) is 6.07 Å². The summed E-state index contributed by atoms with van der Waals surface area (Å²) in [5.74, 6) is -3.08. The number of amidine groups is 2. The molecule has 0 amide bonds. The highest BCUT2D eigenvalue weighted by molar-refractivity contribution is 6.13. The second-order valence-electron chi connectivity index (χ2n) is 18.2. The third-order valence-corrected chi connectivity index (χ3v) is 13.0. The largest absolute Gasteiger partial charge is 0.335 e. The number of halogens is 6. The number of imidazole rings is 2. The number of aliphatic imine (C=N–C) groups is 4. The molecule has 1 aliphatic rings. The Kier molecular flexibility index (Phi) is 13.9. The number of anilines is 2. The molecule has 8 aromatic carbocycles. The summed E-state index contributed by atoms with van der Waals surface area (Å²) in [5.41, 5.74) is 8.97. The highest BCUT2D eigenvalue weighted by Gasteiger charge is 2.22. The molecule has 9 nitrogen and oxygen atoms in total. The molecule has 0 radical (unpaired) electrons. The van der Waals surface area contributed by atoms with Crippen LogP contribution in [0.25, 0.3) is 51.3 Å². The van der Waals surface area contributed by atoms with Crippen molar-refractivity contribution in [3.8, 4) is 34.2 Å². The zero-order valence-electron chi connectivity index (χ0n) is 41.4. The first-order valence-electron chi connectivity index (χ1n) is 24.5. The summed E-state index contributed by atoms with van der Waals surface area (Å²) in [6.45, 7) is 7.86. The second kappa shape index (κ2) is 21.7. The van der Waals surface area contributed by atoms with E-state index in [1.165, 1.54) is 36.4 Å². The number of fused-ring (bicyclic) bond motifs is 2. The number of rotatable bonds is 13. The standard InChI is InChI=1S/C63H43F6N9/c1-70-54-10-6-8-13-57(54)76(38-40-28-45(64)34-46(65)29-40)51-24-18-41(19-25-51)60(71-2)75-61(42-20-26-53(27-21-42)78-58-14-5-3-4-11-55(58)73-63(78)44-32-49(68)36-50(69)33-44)72-37-39-16-22-52(23-17-39)77-59-15-9-7-12-56(59)74-62(77)43-30-47(66)35-48(67)31-43/h3-10,12-36H,1-2,11,37-38H2/b72-61-,75-60-. The van der Waals surface area contributed by atoms with Gasteiger partial charge in [-0.25, -0.2) is 46.3 Å². The van der Waals surface area contributed by atoms with E-state index in [9.17, 15) is 26.3 Å². The van der Waals surface area contributed by atoms with Gasteiger partial charge in [-0.1, -0.05) is 54.6 Å². The van der Waals surface area contributed by atoms with Crippen LogP contribution in [0, 0.1) is 34.9 Å². The molecule has 0 fully saturated rings. The Hall–Kier alpha value is -10.0. The van der Waals surface area contributed by atoms with E-state index in [0.29, 0.717) is 68.7 Å². The van der Waals surface area contributed by atoms with Crippen molar-refractivity contribution in [1.82, 2.24) is 19.1 Å². The lowest BCUT2D eigenvalue weighted by molar-refractivity contribution is 0.579. The lowest BCUT2D eigenvalue weighted by atomic mass is 10.1. The van der Waals surface area contributed by atoms with Gasteiger partial charge in [-0.05, 0) is 152 Å². The normalized spacial score (nSPS) is 12.4. The molecule has 0 saturated carbocycles. The topological polar surface area (TPSA) is 88.3 Å². The molecular weight excluding hydrogens is 997 g/mol. The maximum absolute atomic E-state index is 14.7. The smallest absolute Gasteiger partial charge is 0.161 e. The number of benzene rings is 8. The zero-order valence-corrected chi connectivity index (χ0v) is 41.4. The first-order chi connectivity index (χ1) is 38.0. The van der Waals surface area contributed by atoms with Crippen molar-refractivity contribution >= 4 is 59.3 Å². The predicted octanol–water partition coefficient (Wildman–Crippen LogP) is 15.3. The summed E-state index contributed by atoms with van der Waals surface area (Å²) in [4.78, 5) is 30.2. The summed E-state index contributed by atoms with van der Waals surface area (Å²) < 4.78 is 91.1. The number of allylic oxidation sites excluding steroid dienone is 3. The van der Waals surface area contributed by atoms with Crippen LogP contribution in [0.4, 0.5) is 43.4 Å². The molecule has 0 bridgehead atoms. The monoisotopic (exact) mass is 1040 g/mol. The molecule has 382 valence electrons.